The maximum atomic E-state index is 11.8. The molecule has 76 heavy (non-hydrogen) atoms. The Labute approximate surface area is 461 Å². The molecular formula is C60H108O16. The van der Waals surface area contributed by atoms with Crippen molar-refractivity contribution in [3.8, 4) is 0 Å². The van der Waals surface area contributed by atoms with Gasteiger partial charge in [0.25, 0.3) is 0 Å². The van der Waals surface area contributed by atoms with Crippen LogP contribution in [0.4, 0.5) is 0 Å². The molecule has 0 atom stereocenters. The lowest BCUT2D eigenvalue weighted by atomic mass is 9.80. The predicted octanol–water partition coefficient (Wildman–Crippen LogP) is 13.0. The van der Waals surface area contributed by atoms with E-state index in [1.54, 1.807) is 71.6 Å². The van der Waals surface area contributed by atoms with Crippen LogP contribution in [0, 0.1) is 37.5 Å². The van der Waals surface area contributed by atoms with Crippen molar-refractivity contribution in [3.05, 3.63) is 69.8 Å². The van der Waals surface area contributed by atoms with E-state index in [0.29, 0.717) is 74.9 Å². The first-order valence-electron chi connectivity index (χ1n) is 23.3. The zero-order valence-electron chi connectivity index (χ0n) is 42.0. The van der Waals surface area contributed by atoms with Crippen LogP contribution in [0.3, 0.4) is 0 Å². The van der Waals surface area contributed by atoms with Crippen LogP contribution in [0.1, 0.15) is 204 Å². The second-order valence-electron chi connectivity index (χ2n) is 16.9. The first kappa shape index (κ1) is 87.5. The molecule has 16 heteroatoms. The molecular weight excluding hydrogens is 977 g/mol. The number of Topliss-reactive ketones (excluding diaryl/α,β-unsaturated/α-hetero) is 4. The fraction of sp³-hybridized carbons (Fsp3) is 0.667. The van der Waals surface area contributed by atoms with Gasteiger partial charge in [-0.05, 0) is 140 Å². The van der Waals surface area contributed by atoms with Crippen molar-refractivity contribution in [1.82, 2.24) is 0 Å². The van der Waals surface area contributed by atoms with Crippen molar-refractivity contribution < 1.29 is 76.3 Å². The van der Waals surface area contributed by atoms with Crippen LogP contribution in [-0.2, 0) is 57.1 Å². The van der Waals surface area contributed by atoms with Gasteiger partial charge < -0.3 is 37.9 Å². The van der Waals surface area contributed by atoms with Gasteiger partial charge in [-0.3, -0.25) is 28.8 Å². The minimum Gasteiger partial charge on any atom is -0.465 e. The van der Waals surface area contributed by atoms with E-state index in [2.05, 4.69) is 0 Å². The molecule has 16 nitrogen and oxygen atoms in total. The highest BCUT2D eigenvalue weighted by molar-refractivity contribution is 5.99. The number of ether oxygens (including phenoxy) is 8. The van der Waals surface area contributed by atoms with Gasteiger partial charge in [-0.15, -0.1) is 0 Å². The lowest BCUT2D eigenvalue weighted by Crippen LogP contribution is -2.27. The Kier molecular flexibility index (Phi) is 58.3. The smallest absolute Gasteiger partial charge is 0.338 e. The summed E-state index contributed by atoms with van der Waals surface area (Å²) in [6, 6.07) is 10.0. The zero-order valence-corrected chi connectivity index (χ0v) is 42.0. The van der Waals surface area contributed by atoms with E-state index >= 15 is 0 Å². The van der Waals surface area contributed by atoms with Gasteiger partial charge in [0.1, 0.15) is 24.8 Å². The summed E-state index contributed by atoms with van der Waals surface area (Å²) < 4.78 is 39.6. The predicted molar refractivity (Wildman–Crippen MR) is 308 cm³/mol. The zero-order chi connectivity index (χ0) is 51.0. The fourth-order valence-corrected chi connectivity index (χ4v) is 7.27. The van der Waals surface area contributed by atoms with Crippen molar-refractivity contribution in [1.29, 1.82) is 0 Å². The van der Waals surface area contributed by atoms with Crippen molar-refractivity contribution in [2.45, 2.75) is 165 Å². The van der Waals surface area contributed by atoms with Gasteiger partial charge in [-0.25, -0.2) is 9.59 Å². The van der Waals surface area contributed by atoms with Crippen LogP contribution in [0.15, 0.2) is 36.4 Å². The summed E-state index contributed by atoms with van der Waals surface area (Å²) in [7, 11) is 6.34. The Hall–Kier alpha value is -5.16. The van der Waals surface area contributed by atoms with Gasteiger partial charge in [0.2, 0.25) is 0 Å². The van der Waals surface area contributed by atoms with Crippen LogP contribution >= 0.6 is 0 Å². The minimum atomic E-state index is -0.437. The van der Waals surface area contributed by atoms with E-state index in [4.69, 9.17) is 37.9 Å². The van der Waals surface area contributed by atoms with E-state index in [1.165, 1.54) is 21.0 Å². The molecule has 0 saturated heterocycles. The largest absolute Gasteiger partial charge is 0.465 e. The average Bonchev–Trinajstić information content (AvgIpc) is 3.32. The lowest BCUT2D eigenvalue weighted by molar-refractivity contribution is -0.152. The molecule has 0 aliphatic heterocycles. The van der Waals surface area contributed by atoms with Crippen molar-refractivity contribution in [2.75, 3.05) is 81.3 Å². The van der Waals surface area contributed by atoms with E-state index in [0.717, 1.165) is 68.9 Å². The lowest BCUT2D eigenvalue weighted by Gasteiger charge is -2.25. The molecule has 0 bridgehead atoms. The van der Waals surface area contributed by atoms with Crippen molar-refractivity contribution in [2.24, 2.45) is 23.7 Å². The van der Waals surface area contributed by atoms with Gasteiger partial charge in [0.15, 0.2) is 11.6 Å². The monoisotopic (exact) mass is 1080 g/mol. The van der Waals surface area contributed by atoms with Gasteiger partial charge >= 0.3 is 23.9 Å². The van der Waals surface area contributed by atoms with E-state index in [1.807, 2.05) is 13.8 Å². The number of hydrogen-bond acceptors (Lipinski definition) is 16. The van der Waals surface area contributed by atoms with Crippen LogP contribution in [0.2, 0.25) is 0 Å². The molecule has 4 rings (SSSR count). The SMILES string of the molecule is C.C.C.C.C.C.C.C.COCCCOC(=O)C1CCC(C(C)=O)CC1.COCCCOC(=O)c1cc(C)cc(C(C)=O)c1.COCCOC(=O)C1CCC(C(C)=O)CC1.COCCOC(=O)c1cc(C)cc(C(C)=O)c1. The number of aryl methyl sites for hydroxylation is 2. The van der Waals surface area contributed by atoms with Crippen LogP contribution < -0.4 is 0 Å². The van der Waals surface area contributed by atoms with Crippen molar-refractivity contribution in [3.63, 3.8) is 0 Å². The Morgan fingerprint density at radius 3 is 0.921 bits per heavy atom. The first-order valence-corrected chi connectivity index (χ1v) is 23.3. The Morgan fingerprint density at radius 1 is 0.355 bits per heavy atom. The summed E-state index contributed by atoms with van der Waals surface area (Å²) >= 11 is 0. The summed E-state index contributed by atoms with van der Waals surface area (Å²) in [6.45, 7) is 13.1. The number of ketones is 4. The van der Waals surface area contributed by atoms with Crippen molar-refractivity contribution >= 4 is 47.0 Å². The van der Waals surface area contributed by atoms with Gasteiger partial charge in [-0.1, -0.05) is 59.4 Å². The minimum absolute atomic E-state index is 0. The molecule has 2 aliphatic rings. The first-order chi connectivity index (χ1) is 32.4. The third-order valence-electron chi connectivity index (χ3n) is 11.2. The van der Waals surface area contributed by atoms with Crippen LogP contribution in [-0.4, -0.2) is 128 Å². The topological polar surface area (TPSA) is 210 Å². The summed E-state index contributed by atoms with van der Waals surface area (Å²) in [4.78, 5) is 91.6. The number of benzene rings is 2. The van der Waals surface area contributed by atoms with Crippen LogP contribution in [0.5, 0.6) is 0 Å². The maximum absolute atomic E-state index is 11.8. The normalized spacial score (nSPS) is 15.4. The molecule has 2 saturated carbocycles. The highest BCUT2D eigenvalue weighted by Gasteiger charge is 2.30. The second-order valence-corrected chi connectivity index (χ2v) is 16.9. The standard InChI is InChI=1S/C14H18O4.C13H22O4.C13H16O4.C12H20O4.8CH4/c1-10-7-12(11(2)15)9-13(8-10)14(16)18-6-4-5-17-3;1-10(14)11-4-6-12(7-5-11)13(15)17-9-3-8-16-2;1-9-6-11(10(2)14)8-12(7-9)13(15)17-5-4-16-3;1-9(13)10-3-5-11(6-4-10)12(14)16-8-7-15-2;;;;;;;;/h7-9H,4-6H2,1-3H3;11-12H,3-9H2,1-2H3;6-8H,4-5H2,1-3H3;10-11H,3-8H2,1-2H3;8*1H4. The second kappa shape index (κ2) is 50.6. The highest BCUT2D eigenvalue weighted by atomic mass is 16.6. The van der Waals surface area contributed by atoms with E-state index in [9.17, 15) is 38.4 Å². The molecule has 0 aromatic heterocycles. The molecule has 0 spiro atoms. The Balaban J connectivity index is -0.000000131. The summed E-state index contributed by atoms with van der Waals surface area (Å²) in [5, 5.41) is 0. The number of methoxy groups -OCH3 is 4. The highest BCUT2D eigenvalue weighted by Crippen LogP contribution is 2.31. The number of esters is 4. The maximum Gasteiger partial charge on any atom is 0.338 e. The van der Waals surface area contributed by atoms with Gasteiger partial charge in [0.05, 0.1) is 49.4 Å². The quantitative estimate of drug-likeness (QED) is 0.0464. The summed E-state index contributed by atoms with van der Waals surface area (Å²) in [6.07, 6.45) is 7.81. The molecule has 2 fully saturated rings. The third kappa shape index (κ3) is 36.8. The van der Waals surface area contributed by atoms with E-state index < -0.39 is 11.9 Å². The molecule has 444 valence electrons. The van der Waals surface area contributed by atoms with Gasteiger partial charge in [-0.2, -0.15) is 0 Å². The molecule has 0 radical (unpaired) electrons. The number of carbonyl (C=O) groups is 8. The third-order valence-corrected chi connectivity index (χ3v) is 11.2. The molecule has 2 aliphatic carbocycles. The number of hydrogen-bond donors (Lipinski definition) is 0. The molecule has 2 aromatic rings. The molecule has 0 unspecified atom stereocenters. The number of rotatable bonds is 22. The molecule has 0 heterocycles. The van der Waals surface area contributed by atoms with Crippen LogP contribution in [0.25, 0.3) is 0 Å². The fourth-order valence-electron chi connectivity index (χ4n) is 7.27. The van der Waals surface area contributed by atoms with E-state index in [-0.39, 0.29) is 125 Å². The molecule has 0 N–H and O–H groups in total. The molecule has 0 amide bonds. The summed E-state index contributed by atoms with van der Waals surface area (Å²) in [5.41, 5.74) is 3.58. The molecule has 2 aromatic carbocycles. The Morgan fingerprint density at radius 2 is 0.618 bits per heavy atom. The number of carbonyl (C=O) groups excluding carboxylic acids is 8. The summed E-state index contributed by atoms with van der Waals surface area (Å²) in [5.74, 6) is -0.446. The average molecular weight is 1090 g/mol. The van der Waals surface area contributed by atoms with Gasteiger partial charge in [0, 0.05) is 77.5 Å². The Bertz CT molecular complexity index is 1890.